The second-order valence-electron chi connectivity index (χ2n) is 7.02. The molecule has 1 unspecified atom stereocenters. The van der Waals surface area contributed by atoms with Gasteiger partial charge in [0.15, 0.2) is 0 Å². The van der Waals surface area contributed by atoms with Gasteiger partial charge >= 0.3 is 0 Å². The first kappa shape index (κ1) is 20.1. The molecule has 1 saturated heterocycles. The molecule has 1 N–H and O–H groups in total. The van der Waals surface area contributed by atoms with Gasteiger partial charge in [-0.3, -0.25) is 9.69 Å². The summed E-state index contributed by atoms with van der Waals surface area (Å²) in [5.41, 5.74) is 2.26. The number of hydrogen-bond donors (Lipinski definition) is 1. The highest BCUT2D eigenvalue weighted by Crippen LogP contribution is 2.28. The minimum absolute atomic E-state index is 0.0356. The van der Waals surface area contributed by atoms with Crippen molar-refractivity contribution in [3.8, 4) is 0 Å². The number of likely N-dealkylation sites (tertiary alicyclic amines) is 1. The van der Waals surface area contributed by atoms with E-state index in [1.165, 1.54) is 37.0 Å². The Morgan fingerprint density at radius 2 is 1.78 bits per heavy atom. The van der Waals surface area contributed by atoms with Crippen LogP contribution in [0, 0.1) is 5.82 Å². The molecule has 0 aliphatic carbocycles. The van der Waals surface area contributed by atoms with Crippen molar-refractivity contribution < 1.29 is 9.18 Å². The standard InChI is InChI=1S/C21H23Cl2FN2O/c1-14(17-11-20(24)19(23)12-18(17)22)25-21(27)16-7-5-15(6-8-16)13-26-9-3-2-4-10-26/h5-8,11-12,14H,2-4,9-10,13H2,1H3,(H,25,27). The van der Waals surface area contributed by atoms with Gasteiger partial charge in [-0.1, -0.05) is 41.8 Å². The smallest absolute Gasteiger partial charge is 0.251 e. The van der Waals surface area contributed by atoms with Crippen molar-refractivity contribution in [1.29, 1.82) is 0 Å². The van der Waals surface area contributed by atoms with Crippen LogP contribution in [0.4, 0.5) is 4.39 Å². The second-order valence-corrected chi connectivity index (χ2v) is 7.83. The van der Waals surface area contributed by atoms with Gasteiger partial charge in [-0.2, -0.15) is 0 Å². The lowest BCUT2D eigenvalue weighted by atomic mass is 10.1. The van der Waals surface area contributed by atoms with Crippen molar-refractivity contribution in [2.45, 2.75) is 38.8 Å². The minimum atomic E-state index is -0.556. The van der Waals surface area contributed by atoms with E-state index in [2.05, 4.69) is 10.2 Å². The van der Waals surface area contributed by atoms with E-state index in [4.69, 9.17) is 23.2 Å². The van der Waals surface area contributed by atoms with Crippen LogP contribution in [0.25, 0.3) is 0 Å². The number of carbonyl (C=O) groups is 1. The maximum absolute atomic E-state index is 13.7. The van der Waals surface area contributed by atoms with Gasteiger partial charge in [-0.25, -0.2) is 4.39 Å². The molecule has 6 heteroatoms. The Kier molecular flexibility index (Phi) is 6.74. The van der Waals surface area contributed by atoms with Crippen LogP contribution in [0.5, 0.6) is 0 Å². The van der Waals surface area contributed by atoms with Crippen LogP contribution >= 0.6 is 23.2 Å². The van der Waals surface area contributed by atoms with Crippen LogP contribution in [0.2, 0.25) is 10.0 Å². The van der Waals surface area contributed by atoms with Crippen molar-refractivity contribution >= 4 is 29.1 Å². The number of carbonyl (C=O) groups excluding carboxylic acids is 1. The molecule has 0 bridgehead atoms. The molecule has 2 aromatic rings. The minimum Gasteiger partial charge on any atom is -0.345 e. The summed E-state index contributed by atoms with van der Waals surface area (Å²) in [6, 6.07) is 9.80. The number of benzene rings is 2. The highest BCUT2D eigenvalue weighted by Gasteiger charge is 2.17. The summed E-state index contributed by atoms with van der Waals surface area (Å²) >= 11 is 11.9. The molecule has 2 aromatic carbocycles. The average Bonchev–Trinajstić information content (AvgIpc) is 2.66. The van der Waals surface area contributed by atoms with Crippen molar-refractivity contribution in [3.05, 3.63) is 69.0 Å². The first-order valence-corrected chi connectivity index (χ1v) is 9.96. The van der Waals surface area contributed by atoms with E-state index in [1.807, 2.05) is 24.3 Å². The number of piperidine rings is 1. The quantitative estimate of drug-likeness (QED) is 0.651. The normalized spacial score (nSPS) is 16.1. The molecule has 1 heterocycles. The molecule has 27 heavy (non-hydrogen) atoms. The summed E-state index contributed by atoms with van der Waals surface area (Å²) in [6.07, 6.45) is 3.83. The molecule has 0 spiro atoms. The molecule has 1 atom stereocenters. The van der Waals surface area contributed by atoms with E-state index in [1.54, 1.807) is 6.92 Å². The van der Waals surface area contributed by atoms with Crippen molar-refractivity contribution in [2.75, 3.05) is 13.1 Å². The summed E-state index contributed by atoms with van der Waals surface area (Å²) in [6.45, 7) is 4.95. The topological polar surface area (TPSA) is 32.3 Å². The number of nitrogens with one attached hydrogen (secondary N) is 1. The summed E-state index contributed by atoms with van der Waals surface area (Å²) in [7, 11) is 0. The number of hydrogen-bond acceptors (Lipinski definition) is 2. The van der Waals surface area contributed by atoms with E-state index >= 15 is 0 Å². The average molecular weight is 409 g/mol. The fraction of sp³-hybridized carbons (Fsp3) is 0.381. The third-order valence-electron chi connectivity index (χ3n) is 4.92. The van der Waals surface area contributed by atoms with Crippen molar-refractivity contribution in [2.24, 2.45) is 0 Å². The van der Waals surface area contributed by atoms with Gasteiger partial charge in [0.1, 0.15) is 5.82 Å². The fourth-order valence-electron chi connectivity index (χ4n) is 3.36. The molecule has 3 nitrogen and oxygen atoms in total. The molecule has 3 rings (SSSR count). The first-order chi connectivity index (χ1) is 12.9. The number of amides is 1. The lowest BCUT2D eigenvalue weighted by Crippen LogP contribution is -2.29. The Morgan fingerprint density at radius 3 is 2.44 bits per heavy atom. The zero-order valence-electron chi connectivity index (χ0n) is 15.3. The van der Waals surface area contributed by atoms with Gasteiger partial charge in [-0.15, -0.1) is 0 Å². The monoisotopic (exact) mass is 408 g/mol. The van der Waals surface area contributed by atoms with Crippen LogP contribution in [-0.2, 0) is 6.54 Å². The molecule has 1 aliphatic heterocycles. The van der Waals surface area contributed by atoms with E-state index in [0.717, 1.165) is 19.6 Å². The van der Waals surface area contributed by atoms with E-state index < -0.39 is 11.9 Å². The second kappa shape index (κ2) is 9.05. The summed E-state index contributed by atoms with van der Waals surface area (Å²) in [5, 5.41) is 3.15. The van der Waals surface area contributed by atoms with Gasteiger partial charge < -0.3 is 5.32 Å². The van der Waals surface area contributed by atoms with Crippen LogP contribution in [0.1, 0.15) is 53.7 Å². The highest BCUT2D eigenvalue weighted by atomic mass is 35.5. The van der Waals surface area contributed by atoms with Crippen LogP contribution in [0.15, 0.2) is 36.4 Å². The Hall–Kier alpha value is -1.62. The van der Waals surface area contributed by atoms with Gasteiger partial charge in [0.05, 0.1) is 11.1 Å². The van der Waals surface area contributed by atoms with E-state index in [-0.39, 0.29) is 10.9 Å². The van der Waals surface area contributed by atoms with Crippen LogP contribution < -0.4 is 5.32 Å². The Labute approximate surface area is 169 Å². The zero-order chi connectivity index (χ0) is 19.4. The SMILES string of the molecule is CC(NC(=O)c1ccc(CN2CCCCC2)cc1)c1cc(F)c(Cl)cc1Cl. The Morgan fingerprint density at radius 1 is 1.11 bits per heavy atom. The summed E-state index contributed by atoms with van der Waals surface area (Å²) in [5.74, 6) is -0.780. The number of rotatable bonds is 5. The van der Waals surface area contributed by atoms with Crippen LogP contribution in [-0.4, -0.2) is 23.9 Å². The lowest BCUT2D eigenvalue weighted by molar-refractivity contribution is 0.0940. The molecule has 1 amide bonds. The van der Waals surface area contributed by atoms with Gasteiger partial charge in [0, 0.05) is 17.1 Å². The van der Waals surface area contributed by atoms with E-state index in [0.29, 0.717) is 16.1 Å². The Bertz CT molecular complexity index is 805. The molecule has 144 valence electrons. The number of nitrogens with zero attached hydrogens (tertiary/aromatic N) is 1. The van der Waals surface area contributed by atoms with Gasteiger partial charge in [0.25, 0.3) is 5.91 Å². The lowest BCUT2D eigenvalue weighted by Gasteiger charge is -2.26. The van der Waals surface area contributed by atoms with Crippen LogP contribution in [0.3, 0.4) is 0 Å². The largest absolute Gasteiger partial charge is 0.345 e. The summed E-state index contributed by atoms with van der Waals surface area (Å²) < 4.78 is 13.7. The predicted molar refractivity (Wildman–Crippen MR) is 108 cm³/mol. The molecule has 0 aromatic heterocycles. The zero-order valence-corrected chi connectivity index (χ0v) is 16.8. The maximum Gasteiger partial charge on any atom is 0.251 e. The van der Waals surface area contributed by atoms with Crippen molar-refractivity contribution in [3.63, 3.8) is 0 Å². The molecular weight excluding hydrogens is 386 g/mol. The molecule has 0 radical (unpaired) electrons. The maximum atomic E-state index is 13.7. The molecule has 1 aliphatic rings. The third kappa shape index (κ3) is 5.22. The van der Waals surface area contributed by atoms with Gasteiger partial charge in [-0.05, 0) is 68.2 Å². The Balaban J connectivity index is 1.63. The van der Waals surface area contributed by atoms with Gasteiger partial charge in [0.2, 0.25) is 0 Å². The van der Waals surface area contributed by atoms with E-state index in [9.17, 15) is 9.18 Å². The number of halogens is 3. The molecule has 0 saturated carbocycles. The predicted octanol–water partition coefficient (Wildman–Crippen LogP) is 5.61. The highest BCUT2D eigenvalue weighted by molar-refractivity contribution is 6.35. The molecular formula is C21H23Cl2FN2O. The third-order valence-corrected chi connectivity index (χ3v) is 5.54. The van der Waals surface area contributed by atoms with Crippen molar-refractivity contribution in [1.82, 2.24) is 10.2 Å². The first-order valence-electron chi connectivity index (χ1n) is 9.20. The summed E-state index contributed by atoms with van der Waals surface area (Å²) in [4.78, 5) is 15.0. The molecule has 1 fully saturated rings. The fourth-order valence-corrected chi connectivity index (χ4v) is 3.91.